The number of epoxide rings is 1. The molecule has 2 saturated carbocycles. The van der Waals surface area contributed by atoms with Gasteiger partial charge in [0.25, 0.3) is 0 Å². The van der Waals surface area contributed by atoms with E-state index in [1.165, 1.54) is 5.57 Å². The number of hydrogen-bond donors (Lipinski definition) is 4. The van der Waals surface area contributed by atoms with E-state index in [-0.39, 0.29) is 48.3 Å². The van der Waals surface area contributed by atoms with Crippen LogP contribution in [-0.4, -0.2) is 74.4 Å². The molecule has 1 saturated heterocycles. The van der Waals surface area contributed by atoms with E-state index >= 15 is 0 Å². The lowest BCUT2D eigenvalue weighted by molar-refractivity contribution is -0.172. The van der Waals surface area contributed by atoms with Crippen molar-refractivity contribution in [2.24, 2.45) is 5.92 Å². The first kappa shape index (κ1) is 28.2. The van der Waals surface area contributed by atoms with Crippen LogP contribution < -0.4 is 15.4 Å². The maximum absolute atomic E-state index is 12.8. The molecule has 3 aliphatic rings. The van der Waals surface area contributed by atoms with Gasteiger partial charge in [-0.15, -0.1) is 0 Å². The minimum absolute atomic E-state index is 0.0287. The summed E-state index contributed by atoms with van der Waals surface area (Å²) in [5.74, 6) is -0.138. The quantitative estimate of drug-likeness (QED) is 0.202. The normalized spacial score (nSPS) is 32.6. The molecule has 0 bridgehead atoms. The number of nitrogens with one attached hydrogen (secondary N) is 3. The van der Waals surface area contributed by atoms with Gasteiger partial charge in [0.05, 0.1) is 31.0 Å². The fourth-order valence-corrected chi connectivity index (χ4v) is 5.81. The van der Waals surface area contributed by atoms with E-state index in [4.69, 9.17) is 18.9 Å². The second-order valence-corrected chi connectivity index (χ2v) is 11.1. The number of thiol groups is 1. The molecule has 3 fully saturated rings. The molecule has 0 aromatic heterocycles. The summed E-state index contributed by atoms with van der Waals surface area (Å²) in [6.45, 7) is 9.60. The topological polar surface area (TPSA) is 110 Å². The Morgan fingerprint density at radius 3 is 2.29 bits per heavy atom. The standard InChI is InChI=1S/C25H43N3O6S/c1-16(2)11-13-32-24(3,4)22-21(31-5)19(10-12-25(22)15-33-25)34-23(30)28-18-8-6-17(7-9-18)27-20(29)14-26-35/h11,17-19,21-22,26,35H,6-10,12-15H2,1-5H3,(H,27,29)(H,28,30). The monoisotopic (exact) mass is 513 g/mol. The number of rotatable bonds is 10. The molecule has 2 aliphatic carbocycles. The molecular weight excluding hydrogens is 470 g/mol. The molecule has 1 aliphatic heterocycles. The van der Waals surface area contributed by atoms with Crippen molar-refractivity contribution in [1.29, 1.82) is 0 Å². The number of hydrogen-bond acceptors (Lipinski definition) is 8. The zero-order chi connectivity index (χ0) is 25.6. The number of carbonyl (C=O) groups is 2. The predicted octanol–water partition coefficient (Wildman–Crippen LogP) is 2.90. The van der Waals surface area contributed by atoms with Crippen molar-refractivity contribution in [2.75, 3.05) is 26.9 Å². The molecule has 1 heterocycles. The van der Waals surface area contributed by atoms with Crippen LogP contribution in [-0.2, 0) is 23.7 Å². The zero-order valence-corrected chi connectivity index (χ0v) is 22.6. The van der Waals surface area contributed by atoms with E-state index in [0.29, 0.717) is 19.6 Å². The maximum atomic E-state index is 12.8. The van der Waals surface area contributed by atoms with E-state index in [2.05, 4.69) is 48.1 Å². The first-order valence-corrected chi connectivity index (χ1v) is 13.1. The van der Waals surface area contributed by atoms with Crippen molar-refractivity contribution >= 4 is 24.8 Å². The first-order chi connectivity index (χ1) is 16.6. The largest absolute Gasteiger partial charge is 0.443 e. The smallest absolute Gasteiger partial charge is 0.407 e. The van der Waals surface area contributed by atoms with Crippen LogP contribution in [0.25, 0.3) is 0 Å². The van der Waals surface area contributed by atoms with Gasteiger partial charge in [-0.05, 0) is 66.2 Å². The van der Waals surface area contributed by atoms with Gasteiger partial charge in [0.1, 0.15) is 12.2 Å². The highest BCUT2D eigenvalue weighted by atomic mass is 32.1. The van der Waals surface area contributed by atoms with Crippen LogP contribution in [0.2, 0.25) is 0 Å². The maximum Gasteiger partial charge on any atom is 0.407 e. The zero-order valence-electron chi connectivity index (χ0n) is 21.7. The fourth-order valence-electron chi connectivity index (χ4n) is 5.66. The lowest BCUT2D eigenvalue weighted by Gasteiger charge is -2.47. The Hall–Kier alpha value is -1.33. The third-order valence-electron chi connectivity index (χ3n) is 7.51. The predicted molar refractivity (Wildman–Crippen MR) is 136 cm³/mol. The highest BCUT2D eigenvalue weighted by Gasteiger charge is 2.64. The van der Waals surface area contributed by atoms with Gasteiger partial charge in [-0.3, -0.25) is 9.52 Å². The van der Waals surface area contributed by atoms with Crippen molar-refractivity contribution in [3.05, 3.63) is 11.6 Å². The van der Waals surface area contributed by atoms with E-state index in [9.17, 15) is 9.59 Å². The third kappa shape index (κ3) is 7.58. The SMILES string of the molecule is COC1C(OC(=O)NC2CCC(NC(=O)CNS)CC2)CCC2(CO2)C1C(C)(C)OCC=C(C)C. The number of allylic oxidation sites excluding steroid dienone is 1. The number of amides is 2. The van der Waals surface area contributed by atoms with E-state index in [1.807, 2.05) is 13.8 Å². The molecule has 200 valence electrons. The average Bonchev–Trinajstić information content (AvgIpc) is 3.55. The summed E-state index contributed by atoms with van der Waals surface area (Å²) in [4.78, 5) is 24.6. The molecule has 4 unspecified atom stereocenters. The molecule has 1 spiro atoms. The van der Waals surface area contributed by atoms with Crippen LogP contribution in [0.4, 0.5) is 4.79 Å². The minimum atomic E-state index is -0.521. The fraction of sp³-hybridized carbons (Fsp3) is 0.840. The van der Waals surface area contributed by atoms with Gasteiger partial charge in [-0.25, -0.2) is 4.79 Å². The molecule has 9 nitrogen and oxygen atoms in total. The second kappa shape index (κ2) is 12.3. The number of ether oxygens (including phenoxy) is 4. The van der Waals surface area contributed by atoms with Crippen molar-refractivity contribution in [2.45, 2.75) is 102 Å². The highest BCUT2D eigenvalue weighted by molar-refractivity contribution is 7.78. The minimum Gasteiger partial charge on any atom is -0.443 e. The number of carbonyl (C=O) groups excluding carboxylic acids is 2. The van der Waals surface area contributed by atoms with Crippen LogP contribution >= 0.6 is 12.8 Å². The second-order valence-electron chi connectivity index (χ2n) is 10.8. The van der Waals surface area contributed by atoms with Crippen LogP contribution in [0.5, 0.6) is 0 Å². The van der Waals surface area contributed by atoms with Gasteiger partial charge in [0, 0.05) is 25.1 Å². The lowest BCUT2D eigenvalue weighted by atomic mass is 9.68. The summed E-state index contributed by atoms with van der Waals surface area (Å²) in [5.41, 5.74) is 0.401. The van der Waals surface area contributed by atoms with Crippen molar-refractivity contribution in [1.82, 2.24) is 15.4 Å². The van der Waals surface area contributed by atoms with Gasteiger partial charge >= 0.3 is 6.09 Å². The molecular formula is C25H43N3O6S. The molecule has 3 N–H and O–H groups in total. The third-order valence-corrected chi connectivity index (χ3v) is 7.67. The molecule has 0 aromatic rings. The van der Waals surface area contributed by atoms with Crippen molar-refractivity contribution in [3.63, 3.8) is 0 Å². The van der Waals surface area contributed by atoms with Crippen LogP contribution in [0, 0.1) is 5.92 Å². The molecule has 10 heteroatoms. The van der Waals surface area contributed by atoms with Gasteiger partial charge in [0.2, 0.25) is 5.91 Å². The Balaban J connectivity index is 1.54. The Labute approximate surface area is 215 Å². The summed E-state index contributed by atoms with van der Waals surface area (Å²) in [6.07, 6.45) is 5.63. The van der Waals surface area contributed by atoms with Crippen molar-refractivity contribution < 1.29 is 28.5 Å². The molecule has 2 amide bonds. The van der Waals surface area contributed by atoms with Gasteiger partial charge in [-0.1, -0.05) is 24.5 Å². The van der Waals surface area contributed by atoms with Gasteiger partial charge in [0.15, 0.2) is 0 Å². The Morgan fingerprint density at radius 2 is 1.74 bits per heavy atom. The average molecular weight is 514 g/mol. The molecule has 35 heavy (non-hydrogen) atoms. The molecule has 4 atom stereocenters. The number of alkyl carbamates (subject to hydrolysis) is 1. The van der Waals surface area contributed by atoms with Gasteiger partial charge < -0.3 is 29.6 Å². The van der Waals surface area contributed by atoms with E-state index < -0.39 is 11.7 Å². The summed E-state index contributed by atoms with van der Waals surface area (Å²) in [6, 6.07) is 0.152. The molecule has 0 radical (unpaired) electrons. The molecule has 3 rings (SSSR count). The summed E-state index contributed by atoms with van der Waals surface area (Å²) < 4.78 is 26.7. The van der Waals surface area contributed by atoms with Crippen LogP contribution in [0.1, 0.15) is 66.2 Å². The molecule has 0 aromatic carbocycles. The highest BCUT2D eigenvalue weighted by Crippen LogP contribution is 2.52. The Kier molecular flexibility index (Phi) is 9.90. The first-order valence-electron chi connectivity index (χ1n) is 12.7. The van der Waals surface area contributed by atoms with Gasteiger partial charge in [-0.2, -0.15) is 0 Å². The Morgan fingerprint density at radius 1 is 1.11 bits per heavy atom. The van der Waals surface area contributed by atoms with E-state index in [0.717, 1.165) is 32.1 Å². The Bertz CT molecular complexity index is 760. The summed E-state index contributed by atoms with van der Waals surface area (Å²) in [7, 11) is 1.67. The summed E-state index contributed by atoms with van der Waals surface area (Å²) >= 11 is 3.86. The van der Waals surface area contributed by atoms with E-state index in [1.54, 1.807) is 7.11 Å². The lowest BCUT2D eigenvalue weighted by Crippen LogP contribution is -2.59. The van der Waals surface area contributed by atoms with Crippen LogP contribution in [0.15, 0.2) is 11.6 Å². The van der Waals surface area contributed by atoms with Crippen LogP contribution in [0.3, 0.4) is 0 Å². The van der Waals surface area contributed by atoms with Crippen molar-refractivity contribution in [3.8, 4) is 0 Å². The summed E-state index contributed by atoms with van der Waals surface area (Å²) in [5, 5.41) is 6.01. The number of methoxy groups -OCH3 is 1.